The summed E-state index contributed by atoms with van der Waals surface area (Å²) in [6, 6.07) is 15.7. The van der Waals surface area contributed by atoms with Crippen LogP contribution in [-0.4, -0.2) is 11.8 Å². The Bertz CT molecular complexity index is 730. The SMILES string of the molecule is N#Cc1ccc(CCC(=O)Nc2ccccc2C(N)=O)cc1. The molecule has 0 aliphatic rings. The van der Waals surface area contributed by atoms with Gasteiger partial charge < -0.3 is 11.1 Å². The van der Waals surface area contributed by atoms with Crippen molar-refractivity contribution < 1.29 is 9.59 Å². The fraction of sp³-hybridized carbons (Fsp3) is 0.118. The fourth-order valence-corrected chi connectivity index (χ4v) is 2.02. The van der Waals surface area contributed by atoms with Gasteiger partial charge in [0.05, 0.1) is 22.9 Å². The molecule has 0 aliphatic carbocycles. The van der Waals surface area contributed by atoms with Gasteiger partial charge in [0.25, 0.3) is 5.91 Å². The molecule has 0 bridgehead atoms. The van der Waals surface area contributed by atoms with Gasteiger partial charge in [-0.3, -0.25) is 9.59 Å². The Labute approximate surface area is 128 Å². The Hall–Kier alpha value is -3.13. The van der Waals surface area contributed by atoms with Gasteiger partial charge in [0.1, 0.15) is 0 Å². The normalized spacial score (nSPS) is 9.77. The molecule has 2 amide bonds. The maximum atomic E-state index is 12.0. The van der Waals surface area contributed by atoms with Gasteiger partial charge in [-0.2, -0.15) is 5.26 Å². The Kier molecular flexibility index (Phi) is 4.89. The average Bonchev–Trinajstić information content (AvgIpc) is 2.53. The molecule has 2 rings (SSSR count). The molecule has 2 aromatic rings. The van der Waals surface area contributed by atoms with Crippen LogP contribution in [-0.2, 0) is 11.2 Å². The maximum absolute atomic E-state index is 12.0. The summed E-state index contributed by atoms with van der Waals surface area (Å²) < 4.78 is 0. The number of benzene rings is 2. The van der Waals surface area contributed by atoms with E-state index in [4.69, 9.17) is 11.0 Å². The molecule has 0 saturated heterocycles. The zero-order valence-electron chi connectivity index (χ0n) is 11.9. The predicted octanol–water partition coefficient (Wildman–Crippen LogP) is 2.23. The molecule has 0 radical (unpaired) electrons. The molecule has 0 saturated carbocycles. The van der Waals surface area contributed by atoms with E-state index in [0.29, 0.717) is 17.7 Å². The number of rotatable bonds is 5. The molecule has 0 fully saturated rings. The summed E-state index contributed by atoms with van der Waals surface area (Å²) in [7, 11) is 0. The number of hydrogen-bond donors (Lipinski definition) is 2. The van der Waals surface area contributed by atoms with Gasteiger partial charge in [0, 0.05) is 6.42 Å². The number of amides is 2. The number of primary amides is 1. The Morgan fingerprint density at radius 2 is 1.77 bits per heavy atom. The van der Waals surface area contributed by atoms with Crippen molar-refractivity contribution in [2.45, 2.75) is 12.8 Å². The summed E-state index contributed by atoms with van der Waals surface area (Å²) in [6.07, 6.45) is 0.829. The number of aryl methyl sites for hydroxylation is 1. The van der Waals surface area contributed by atoms with E-state index in [1.54, 1.807) is 36.4 Å². The van der Waals surface area contributed by atoms with Crippen LogP contribution < -0.4 is 11.1 Å². The number of nitriles is 1. The number of para-hydroxylation sites is 1. The van der Waals surface area contributed by atoms with Crippen LogP contribution in [0.25, 0.3) is 0 Å². The first kappa shape index (κ1) is 15.3. The number of carbonyl (C=O) groups is 2. The molecular formula is C17H15N3O2. The van der Waals surface area contributed by atoms with E-state index in [1.807, 2.05) is 18.2 Å². The van der Waals surface area contributed by atoms with E-state index in [9.17, 15) is 9.59 Å². The van der Waals surface area contributed by atoms with E-state index in [-0.39, 0.29) is 17.9 Å². The van der Waals surface area contributed by atoms with Gasteiger partial charge in [-0.15, -0.1) is 0 Å². The molecule has 22 heavy (non-hydrogen) atoms. The molecule has 0 heterocycles. The van der Waals surface area contributed by atoms with E-state index in [2.05, 4.69) is 5.32 Å². The quantitative estimate of drug-likeness (QED) is 0.884. The molecule has 3 N–H and O–H groups in total. The molecule has 5 heteroatoms. The van der Waals surface area contributed by atoms with Gasteiger partial charge in [-0.05, 0) is 36.2 Å². The first-order valence-corrected chi connectivity index (χ1v) is 6.78. The highest BCUT2D eigenvalue weighted by Gasteiger charge is 2.10. The van der Waals surface area contributed by atoms with Crippen molar-refractivity contribution in [3.05, 3.63) is 65.2 Å². The van der Waals surface area contributed by atoms with Crippen molar-refractivity contribution in [3.8, 4) is 6.07 Å². The summed E-state index contributed by atoms with van der Waals surface area (Å²) in [4.78, 5) is 23.3. The standard InChI is InChI=1S/C17H15N3O2/c18-11-13-7-5-12(6-8-13)9-10-16(21)20-15-4-2-1-3-14(15)17(19)22/h1-8H,9-10H2,(H2,19,22)(H,20,21). The van der Waals surface area contributed by atoms with E-state index in [1.165, 1.54) is 0 Å². The highest BCUT2D eigenvalue weighted by atomic mass is 16.2. The second-order valence-electron chi connectivity index (χ2n) is 4.77. The van der Waals surface area contributed by atoms with Crippen LogP contribution >= 0.6 is 0 Å². The third kappa shape index (κ3) is 3.93. The fourth-order valence-electron chi connectivity index (χ4n) is 2.02. The summed E-state index contributed by atoms with van der Waals surface area (Å²) >= 11 is 0. The van der Waals surface area contributed by atoms with Crippen LogP contribution in [0.4, 0.5) is 5.69 Å². The minimum atomic E-state index is -0.581. The van der Waals surface area contributed by atoms with Gasteiger partial charge in [0.15, 0.2) is 0 Å². The van der Waals surface area contributed by atoms with Gasteiger partial charge in [-0.25, -0.2) is 0 Å². The van der Waals surface area contributed by atoms with Crippen molar-refractivity contribution in [3.63, 3.8) is 0 Å². The lowest BCUT2D eigenvalue weighted by atomic mass is 10.1. The lowest BCUT2D eigenvalue weighted by molar-refractivity contribution is -0.116. The second kappa shape index (κ2) is 7.04. The molecule has 2 aromatic carbocycles. The molecule has 5 nitrogen and oxygen atoms in total. The number of anilines is 1. The van der Waals surface area contributed by atoms with Crippen LogP contribution in [0.3, 0.4) is 0 Å². The van der Waals surface area contributed by atoms with Gasteiger partial charge >= 0.3 is 0 Å². The summed E-state index contributed by atoms with van der Waals surface area (Å²) in [5.74, 6) is -0.777. The molecule has 0 aliphatic heterocycles. The van der Waals surface area contributed by atoms with Crippen LogP contribution in [0.15, 0.2) is 48.5 Å². The number of nitrogens with zero attached hydrogens (tertiary/aromatic N) is 1. The number of nitrogens with two attached hydrogens (primary N) is 1. The molecule has 0 aromatic heterocycles. The smallest absolute Gasteiger partial charge is 0.250 e. The van der Waals surface area contributed by atoms with Crippen molar-refractivity contribution in [1.29, 1.82) is 5.26 Å². The zero-order chi connectivity index (χ0) is 15.9. The largest absolute Gasteiger partial charge is 0.366 e. The van der Waals surface area contributed by atoms with E-state index >= 15 is 0 Å². The van der Waals surface area contributed by atoms with Gasteiger partial charge in [0.2, 0.25) is 5.91 Å². The first-order chi connectivity index (χ1) is 10.6. The highest BCUT2D eigenvalue weighted by Crippen LogP contribution is 2.15. The number of hydrogen-bond acceptors (Lipinski definition) is 3. The average molecular weight is 293 g/mol. The van der Waals surface area contributed by atoms with Crippen LogP contribution in [0.1, 0.15) is 27.9 Å². The maximum Gasteiger partial charge on any atom is 0.250 e. The minimum Gasteiger partial charge on any atom is -0.366 e. The molecule has 0 atom stereocenters. The summed E-state index contributed by atoms with van der Waals surface area (Å²) in [6.45, 7) is 0. The topological polar surface area (TPSA) is 96.0 Å². The van der Waals surface area contributed by atoms with Gasteiger partial charge in [-0.1, -0.05) is 24.3 Å². The second-order valence-corrected chi connectivity index (χ2v) is 4.77. The third-order valence-electron chi connectivity index (χ3n) is 3.19. The Morgan fingerprint density at radius 3 is 2.41 bits per heavy atom. The summed E-state index contributed by atoms with van der Waals surface area (Å²) in [5, 5.41) is 11.4. The van der Waals surface area contributed by atoms with Crippen LogP contribution in [0, 0.1) is 11.3 Å². The Morgan fingerprint density at radius 1 is 1.09 bits per heavy atom. The Balaban J connectivity index is 1.96. The minimum absolute atomic E-state index is 0.196. The number of carbonyl (C=O) groups excluding carboxylic acids is 2. The molecular weight excluding hydrogens is 278 g/mol. The monoisotopic (exact) mass is 293 g/mol. The van der Waals surface area contributed by atoms with Crippen LogP contribution in [0.5, 0.6) is 0 Å². The lowest BCUT2D eigenvalue weighted by Gasteiger charge is -2.08. The first-order valence-electron chi connectivity index (χ1n) is 6.78. The molecule has 110 valence electrons. The zero-order valence-corrected chi connectivity index (χ0v) is 11.9. The summed E-state index contributed by atoms with van der Waals surface area (Å²) in [5.41, 5.74) is 7.53. The van der Waals surface area contributed by atoms with Crippen molar-refractivity contribution >= 4 is 17.5 Å². The molecule has 0 unspecified atom stereocenters. The van der Waals surface area contributed by atoms with Crippen molar-refractivity contribution in [2.75, 3.05) is 5.32 Å². The highest BCUT2D eigenvalue weighted by molar-refractivity contribution is 6.02. The van der Waals surface area contributed by atoms with Crippen molar-refractivity contribution in [1.82, 2.24) is 0 Å². The lowest BCUT2D eigenvalue weighted by Crippen LogP contribution is -2.18. The molecule has 0 spiro atoms. The van der Waals surface area contributed by atoms with Crippen LogP contribution in [0.2, 0.25) is 0 Å². The van der Waals surface area contributed by atoms with Crippen molar-refractivity contribution in [2.24, 2.45) is 5.73 Å². The van der Waals surface area contributed by atoms with E-state index in [0.717, 1.165) is 5.56 Å². The third-order valence-corrected chi connectivity index (χ3v) is 3.19. The number of nitrogens with one attached hydrogen (secondary N) is 1. The predicted molar refractivity (Wildman–Crippen MR) is 83.1 cm³/mol. The van der Waals surface area contributed by atoms with E-state index < -0.39 is 5.91 Å².